The van der Waals surface area contributed by atoms with Crippen molar-refractivity contribution in [1.82, 2.24) is 9.97 Å². The number of aromatic nitrogens is 2. The van der Waals surface area contributed by atoms with E-state index >= 15 is 0 Å². The van der Waals surface area contributed by atoms with Crippen LogP contribution in [0.4, 0.5) is 5.69 Å². The third kappa shape index (κ3) is 1.84. The first-order valence-corrected chi connectivity index (χ1v) is 5.93. The molecule has 0 radical (unpaired) electrons. The molecule has 2 heterocycles. The van der Waals surface area contributed by atoms with Gasteiger partial charge in [-0.3, -0.25) is 4.79 Å². The summed E-state index contributed by atoms with van der Waals surface area (Å²) in [6.07, 6.45) is 1.98. The first-order chi connectivity index (χ1) is 8.63. The van der Waals surface area contributed by atoms with E-state index in [1.807, 2.05) is 13.0 Å². The Morgan fingerprint density at radius 3 is 3.06 bits per heavy atom. The van der Waals surface area contributed by atoms with Gasteiger partial charge in [-0.2, -0.15) is 0 Å². The quantitative estimate of drug-likeness (QED) is 0.791. The zero-order valence-corrected chi connectivity index (χ0v) is 10.5. The molecule has 0 atom stereocenters. The molecule has 0 unspecified atom stereocenters. The zero-order valence-electron chi connectivity index (χ0n) is 9.70. The highest BCUT2D eigenvalue weighted by atomic mass is 35.5. The van der Waals surface area contributed by atoms with E-state index in [1.165, 1.54) is 0 Å². The van der Waals surface area contributed by atoms with Gasteiger partial charge in [0.05, 0.1) is 17.8 Å². The van der Waals surface area contributed by atoms with Crippen LogP contribution in [0.3, 0.4) is 0 Å². The minimum Gasteiger partial charge on any atom is -0.325 e. The van der Waals surface area contributed by atoms with Crippen molar-refractivity contribution >= 4 is 23.2 Å². The maximum Gasteiger partial charge on any atom is 0.228 e. The number of carbonyl (C=O) groups is 1. The highest BCUT2D eigenvalue weighted by Crippen LogP contribution is 2.34. The Hall–Kier alpha value is -1.94. The second kappa shape index (κ2) is 4.07. The lowest BCUT2D eigenvalue weighted by molar-refractivity contribution is -0.115. The third-order valence-corrected chi connectivity index (χ3v) is 3.08. The summed E-state index contributed by atoms with van der Waals surface area (Å²) in [7, 11) is 0. The van der Waals surface area contributed by atoms with E-state index in [0.29, 0.717) is 10.8 Å². The van der Waals surface area contributed by atoms with Gasteiger partial charge in [-0.1, -0.05) is 11.6 Å². The van der Waals surface area contributed by atoms with E-state index in [1.54, 1.807) is 18.3 Å². The molecule has 0 fully saturated rings. The van der Waals surface area contributed by atoms with E-state index in [4.69, 9.17) is 11.6 Å². The highest BCUT2D eigenvalue weighted by Gasteiger charge is 2.20. The number of halogens is 1. The fourth-order valence-corrected chi connectivity index (χ4v) is 2.22. The first-order valence-electron chi connectivity index (χ1n) is 5.56. The molecule has 0 aliphatic carbocycles. The molecule has 1 aliphatic heterocycles. The van der Waals surface area contributed by atoms with Crippen LogP contribution in [-0.4, -0.2) is 15.9 Å². The molecule has 0 spiro atoms. The highest BCUT2D eigenvalue weighted by molar-refractivity contribution is 6.31. The summed E-state index contributed by atoms with van der Waals surface area (Å²) in [4.78, 5) is 20.3. The standard InChI is InChI=1S/C13H10ClN3O/c1-7-15-6-8-4-12(18)17-11-3-2-9(14)5-10(11)13(8)16-7/h2-3,5-6H,4H2,1H3,(H,17,18). The van der Waals surface area contributed by atoms with Crippen molar-refractivity contribution in [3.05, 3.63) is 40.8 Å². The summed E-state index contributed by atoms with van der Waals surface area (Å²) in [5.41, 5.74) is 3.17. The Morgan fingerprint density at radius 2 is 2.22 bits per heavy atom. The lowest BCUT2D eigenvalue weighted by Gasteiger charge is -2.08. The van der Waals surface area contributed by atoms with Gasteiger partial charge in [0.25, 0.3) is 0 Å². The van der Waals surface area contributed by atoms with E-state index in [0.717, 1.165) is 22.5 Å². The van der Waals surface area contributed by atoms with Crippen LogP contribution >= 0.6 is 11.6 Å². The van der Waals surface area contributed by atoms with Gasteiger partial charge in [-0.15, -0.1) is 0 Å². The third-order valence-electron chi connectivity index (χ3n) is 2.85. The molecule has 4 nitrogen and oxygen atoms in total. The minimum absolute atomic E-state index is 0.0650. The molecule has 0 bridgehead atoms. The molecule has 1 amide bonds. The minimum atomic E-state index is -0.0650. The number of nitrogens with zero attached hydrogens (tertiary/aromatic N) is 2. The Kier molecular flexibility index (Phi) is 2.52. The van der Waals surface area contributed by atoms with Crippen molar-refractivity contribution in [2.24, 2.45) is 0 Å². The van der Waals surface area contributed by atoms with Crippen LogP contribution in [0.25, 0.3) is 11.3 Å². The molecule has 0 saturated carbocycles. The molecule has 1 aromatic heterocycles. The molecular formula is C13H10ClN3O. The molecule has 5 heteroatoms. The van der Waals surface area contributed by atoms with E-state index in [2.05, 4.69) is 15.3 Å². The summed E-state index contributed by atoms with van der Waals surface area (Å²) in [5.74, 6) is 0.610. The Labute approximate surface area is 109 Å². The molecule has 1 aromatic carbocycles. The largest absolute Gasteiger partial charge is 0.325 e. The fraction of sp³-hybridized carbons (Fsp3) is 0.154. The van der Waals surface area contributed by atoms with Crippen LogP contribution in [0.5, 0.6) is 0 Å². The summed E-state index contributed by atoms with van der Waals surface area (Å²) in [5, 5.41) is 3.47. The molecule has 1 N–H and O–H groups in total. The van der Waals surface area contributed by atoms with Crippen LogP contribution in [0.2, 0.25) is 5.02 Å². The van der Waals surface area contributed by atoms with Gasteiger partial charge in [0.2, 0.25) is 5.91 Å². The smallest absolute Gasteiger partial charge is 0.228 e. The van der Waals surface area contributed by atoms with Gasteiger partial charge in [0.15, 0.2) is 0 Å². The van der Waals surface area contributed by atoms with Crippen LogP contribution in [-0.2, 0) is 11.2 Å². The Morgan fingerprint density at radius 1 is 1.39 bits per heavy atom. The number of aryl methyl sites for hydroxylation is 1. The van der Waals surface area contributed by atoms with Gasteiger partial charge in [-0.05, 0) is 25.1 Å². The second-order valence-corrected chi connectivity index (χ2v) is 4.64. The number of rotatable bonds is 0. The SMILES string of the molecule is Cc1ncc2c(n1)-c1cc(Cl)ccc1NC(=O)C2. The average Bonchev–Trinajstić information content (AvgIpc) is 2.46. The van der Waals surface area contributed by atoms with Crippen molar-refractivity contribution in [2.45, 2.75) is 13.3 Å². The number of benzene rings is 1. The van der Waals surface area contributed by atoms with Gasteiger partial charge in [0.1, 0.15) is 5.82 Å². The summed E-state index contributed by atoms with van der Waals surface area (Å²) < 4.78 is 0. The van der Waals surface area contributed by atoms with E-state index in [-0.39, 0.29) is 12.3 Å². The maximum absolute atomic E-state index is 11.8. The average molecular weight is 260 g/mol. The predicted molar refractivity (Wildman–Crippen MR) is 69.5 cm³/mol. The van der Waals surface area contributed by atoms with Crippen LogP contribution < -0.4 is 5.32 Å². The number of nitrogens with one attached hydrogen (secondary N) is 1. The van der Waals surface area contributed by atoms with E-state index < -0.39 is 0 Å². The van der Waals surface area contributed by atoms with Gasteiger partial charge >= 0.3 is 0 Å². The number of anilines is 1. The molecule has 3 rings (SSSR count). The fourth-order valence-electron chi connectivity index (χ4n) is 2.05. The van der Waals surface area contributed by atoms with Crippen LogP contribution in [0, 0.1) is 6.92 Å². The van der Waals surface area contributed by atoms with Gasteiger partial charge in [-0.25, -0.2) is 9.97 Å². The number of hydrogen-bond acceptors (Lipinski definition) is 3. The predicted octanol–water partition coefficient (Wildman–Crippen LogP) is 2.60. The molecule has 0 saturated heterocycles. The topological polar surface area (TPSA) is 54.9 Å². The maximum atomic E-state index is 11.8. The molecule has 18 heavy (non-hydrogen) atoms. The Balaban J connectivity index is 2.32. The van der Waals surface area contributed by atoms with Crippen molar-refractivity contribution in [3.8, 4) is 11.3 Å². The number of amides is 1. The van der Waals surface area contributed by atoms with Crippen LogP contribution in [0.1, 0.15) is 11.4 Å². The number of hydrogen-bond donors (Lipinski definition) is 1. The molecule has 2 aromatic rings. The normalized spacial score (nSPS) is 13.3. The lowest BCUT2D eigenvalue weighted by Crippen LogP contribution is -2.12. The van der Waals surface area contributed by atoms with E-state index in [9.17, 15) is 4.79 Å². The van der Waals surface area contributed by atoms with Crippen molar-refractivity contribution in [3.63, 3.8) is 0 Å². The van der Waals surface area contributed by atoms with Gasteiger partial charge < -0.3 is 5.32 Å². The molecule has 1 aliphatic rings. The monoisotopic (exact) mass is 259 g/mol. The van der Waals surface area contributed by atoms with Crippen molar-refractivity contribution in [1.29, 1.82) is 0 Å². The van der Waals surface area contributed by atoms with Crippen LogP contribution in [0.15, 0.2) is 24.4 Å². The van der Waals surface area contributed by atoms with Gasteiger partial charge in [0, 0.05) is 22.3 Å². The first kappa shape index (κ1) is 11.2. The summed E-state index contributed by atoms with van der Waals surface area (Å²) in [6.45, 7) is 1.82. The second-order valence-electron chi connectivity index (χ2n) is 4.21. The Bertz CT molecular complexity index is 599. The summed E-state index contributed by atoms with van der Waals surface area (Å²) >= 11 is 6.02. The lowest BCUT2D eigenvalue weighted by atomic mass is 10.1. The number of fused-ring (bicyclic) bond motifs is 3. The zero-order chi connectivity index (χ0) is 12.7. The van der Waals surface area contributed by atoms with Crippen molar-refractivity contribution < 1.29 is 4.79 Å². The number of carbonyl (C=O) groups excluding carboxylic acids is 1. The molecule has 90 valence electrons. The summed E-state index contributed by atoms with van der Waals surface area (Å²) in [6, 6.07) is 5.36. The molecular weight excluding hydrogens is 250 g/mol. The van der Waals surface area contributed by atoms with Crippen molar-refractivity contribution in [2.75, 3.05) is 5.32 Å².